The number of amides is 1. The van der Waals surface area contributed by atoms with E-state index >= 15 is 0 Å². The van der Waals surface area contributed by atoms with Gasteiger partial charge in [-0.15, -0.1) is 0 Å². The van der Waals surface area contributed by atoms with E-state index in [0.717, 1.165) is 11.3 Å². The van der Waals surface area contributed by atoms with Crippen LogP contribution >= 0.6 is 0 Å². The summed E-state index contributed by atoms with van der Waals surface area (Å²) >= 11 is 0. The maximum Gasteiger partial charge on any atom is 0.223 e. The van der Waals surface area contributed by atoms with Crippen molar-refractivity contribution in [2.24, 2.45) is 5.73 Å². The number of carbonyl (C=O) groups excluding carboxylic acids is 1. The number of carbonyl (C=O) groups is 1. The van der Waals surface area contributed by atoms with Gasteiger partial charge in [-0.1, -0.05) is 0 Å². The molecule has 0 saturated heterocycles. The molecular formula is C13H18N2O3S. The van der Waals surface area contributed by atoms with Crippen molar-refractivity contribution in [3.8, 4) is 0 Å². The largest absolute Gasteiger partial charge is 0.330 e. The predicted molar refractivity (Wildman–Crippen MR) is 73.9 cm³/mol. The number of benzene rings is 1. The topological polar surface area (TPSA) is 80.5 Å². The highest BCUT2D eigenvalue weighted by atomic mass is 32.2. The standard InChI is InChI=1S/C13H18N2O3S/c1-10(16)15-7-5-11-9-12(3-4-13(11)15)19(17,18)8-2-6-14/h3-4,9H,2,5-8,14H2,1H3. The van der Waals surface area contributed by atoms with Gasteiger partial charge in [0.25, 0.3) is 0 Å². The molecule has 1 aromatic carbocycles. The fourth-order valence-corrected chi connectivity index (χ4v) is 3.67. The molecule has 2 N–H and O–H groups in total. The third-order valence-electron chi connectivity index (χ3n) is 3.30. The lowest BCUT2D eigenvalue weighted by Crippen LogP contribution is -2.25. The van der Waals surface area contributed by atoms with Gasteiger partial charge in [0.15, 0.2) is 9.84 Å². The lowest BCUT2D eigenvalue weighted by atomic mass is 10.2. The first-order chi connectivity index (χ1) is 8.95. The van der Waals surface area contributed by atoms with Gasteiger partial charge in [-0.2, -0.15) is 0 Å². The fourth-order valence-electron chi connectivity index (χ4n) is 2.29. The maximum absolute atomic E-state index is 12.1. The van der Waals surface area contributed by atoms with Crippen LogP contribution in [-0.4, -0.2) is 33.2 Å². The highest BCUT2D eigenvalue weighted by Gasteiger charge is 2.24. The van der Waals surface area contributed by atoms with Crippen molar-refractivity contribution >= 4 is 21.4 Å². The van der Waals surface area contributed by atoms with E-state index in [1.807, 2.05) is 0 Å². The van der Waals surface area contributed by atoms with Crippen molar-refractivity contribution in [1.29, 1.82) is 0 Å². The Kier molecular flexibility index (Phi) is 3.91. The highest BCUT2D eigenvalue weighted by molar-refractivity contribution is 7.91. The van der Waals surface area contributed by atoms with Crippen molar-refractivity contribution in [2.75, 3.05) is 23.7 Å². The van der Waals surface area contributed by atoms with Crippen LogP contribution in [0.3, 0.4) is 0 Å². The van der Waals surface area contributed by atoms with E-state index in [1.165, 1.54) is 6.92 Å². The van der Waals surface area contributed by atoms with Crippen LogP contribution in [0.1, 0.15) is 18.9 Å². The Labute approximate surface area is 113 Å². The lowest BCUT2D eigenvalue weighted by molar-refractivity contribution is -0.116. The molecule has 0 bridgehead atoms. The number of hydrogen-bond acceptors (Lipinski definition) is 4. The molecule has 1 aliphatic rings. The minimum atomic E-state index is -3.27. The number of nitrogens with two attached hydrogens (primary N) is 1. The molecule has 6 heteroatoms. The Morgan fingerprint density at radius 3 is 2.79 bits per heavy atom. The third-order valence-corrected chi connectivity index (χ3v) is 5.10. The van der Waals surface area contributed by atoms with Crippen LogP contribution in [0.5, 0.6) is 0 Å². The Morgan fingerprint density at radius 1 is 1.42 bits per heavy atom. The van der Waals surface area contributed by atoms with Crippen LogP contribution < -0.4 is 10.6 Å². The van der Waals surface area contributed by atoms with Crippen LogP contribution in [0.4, 0.5) is 5.69 Å². The molecule has 0 aromatic heterocycles. The smallest absolute Gasteiger partial charge is 0.223 e. The van der Waals surface area contributed by atoms with Crippen LogP contribution in [0.25, 0.3) is 0 Å². The van der Waals surface area contributed by atoms with Crippen molar-refractivity contribution in [3.63, 3.8) is 0 Å². The van der Waals surface area contributed by atoms with Gasteiger partial charge in [0.05, 0.1) is 10.6 Å². The molecule has 5 nitrogen and oxygen atoms in total. The highest BCUT2D eigenvalue weighted by Crippen LogP contribution is 2.30. The number of fused-ring (bicyclic) bond motifs is 1. The number of rotatable bonds is 4. The molecule has 1 aromatic rings. The summed E-state index contributed by atoms with van der Waals surface area (Å²) in [5, 5.41) is 0. The summed E-state index contributed by atoms with van der Waals surface area (Å²) in [5.74, 6) is 0.0519. The second kappa shape index (κ2) is 5.30. The van der Waals surface area contributed by atoms with Gasteiger partial charge in [-0.3, -0.25) is 4.79 Å². The molecule has 0 fully saturated rings. The average Bonchev–Trinajstić information content (AvgIpc) is 2.79. The molecule has 19 heavy (non-hydrogen) atoms. The van der Waals surface area contributed by atoms with E-state index in [0.29, 0.717) is 30.8 Å². The zero-order valence-electron chi connectivity index (χ0n) is 10.9. The van der Waals surface area contributed by atoms with Crippen molar-refractivity contribution in [3.05, 3.63) is 23.8 Å². The summed E-state index contributed by atoms with van der Waals surface area (Å²) < 4.78 is 24.1. The predicted octanol–water partition coefficient (Wildman–Crippen LogP) is 0.718. The molecule has 2 rings (SSSR count). The number of nitrogens with zero attached hydrogens (tertiary/aromatic N) is 1. The monoisotopic (exact) mass is 282 g/mol. The second-order valence-corrected chi connectivity index (χ2v) is 6.78. The van der Waals surface area contributed by atoms with E-state index in [9.17, 15) is 13.2 Å². The van der Waals surface area contributed by atoms with E-state index in [4.69, 9.17) is 5.73 Å². The van der Waals surface area contributed by atoms with Crippen LogP contribution in [-0.2, 0) is 21.1 Å². The summed E-state index contributed by atoms with van der Waals surface area (Å²) in [6, 6.07) is 4.98. The molecular weight excluding hydrogens is 264 g/mol. The van der Waals surface area contributed by atoms with E-state index in [-0.39, 0.29) is 11.7 Å². The minimum absolute atomic E-state index is 0.0162. The first-order valence-electron chi connectivity index (χ1n) is 6.29. The average molecular weight is 282 g/mol. The summed E-state index contributed by atoms with van der Waals surface area (Å²) in [6.45, 7) is 2.50. The minimum Gasteiger partial charge on any atom is -0.330 e. The van der Waals surface area contributed by atoms with Gasteiger partial charge in [0.1, 0.15) is 0 Å². The molecule has 0 unspecified atom stereocenters. The third kappa shape index (κ3) is 2.79. The Morgan fingerprint density at radius 2 is 2.16 bits per heavy atom. The Bertz CT molecular complexity index is 596. The van der Waals surface area contributed by atoms with Crippen LogP contribution in [0.15, 0.2) is 23.1 Å². The molecule has 104 valence electrons. The van der Waals surface area contributed by atoms with Gasteiger partial charge < -0.3 is 10.6 Å². The van der Waals surface area contributed by atoms with Crippen LogP contribution in [0.2, 0.25) is 0 Å². The van der Waals surface area contributed by atoms with Gasteiger partial charge in [0.2, 0.25) is 5.91 Å². The maximum atomic E-state index is 12.1. The van der Waals surface area contributed by atoms with Gasteiger partial charge in [-0.25, -0.2) is 8.42 Å². The van der Waals surface area contributed by atoms with Gasteiger partial charge >= 0.3 is 0 Å². The zero-order valence-corrected chi connectivity index (χ0v) is 11.7. The number of hydrogen-bond donors (Lipinski definition) is 1. The molecule has 0 radical (unpaired) electrons. The summed E-state index contributed by atoms with van der Waals surface area (Å²) in [4.78, 5) is 13.4. The van der Waals surface area contributed by atoms with Crippen LogP contribution in [0, 0.1) is 0 Å². The fraction of sp³-hybridized carbons (Fsp3) is 0.462. The SMILES string of the molecule is CC(=O)N1CCc2cc(S(=O)(=O)CCCN)ccc21. The number of anilines is 1. The summed E-state index contributed by atoms with van der Waals surface area (Å²) in [6.07, 6.45) is 1.16. The van der Waals surface area contributed by atoms with Crippen molar-refractivity contribution in [1.82, 2.24) is 0 Å². The van der Waals surface area contributed by atoms with Crippen molar-refractivity contribution < 1.29 is 13.2 Å². The second-order valence-electron chi connectivity index (χ2n) is 4.67. The molecule has 1 heterocycles. The molecule has 1 amide bonds. The Balaban J connectivity index is 2.31. The van der Waals surface area contributed by atoms with Crippen molar-refractivity contribution in [2.45, 2.75) is 24.7 Å². The molecule has 1 aliphatic heterocycles. The lowest BCUT2D eigenvalue weighted by Gasteiger charge is -2.14. The molecule has 0 aliphatic carbocycles. The molecule has 0 atom stereocenters. The molecule has 0 spiro atoms. The Hall–Kier alpha value is -1.40. The number of sulfone groups is 1. The first kappa shape index (κ1) is 14.0. The zero-order chi connectivity index (χ0) is 14.0. The molecule has 0 saturated carbocycles. The quantitative estimate of drug-likeness (QED) is 0.882. The summed E-state index contributed by atoms with van der Waals surface area (Å²) in [5.41, 5.74) is 7.09. The summed E-state index contributed by atoms with van der Waals surface area (Å²) in [7, 11) is -3.27. The van der Waals surface area contributed by atoms with Gasteiger partial charge in [0, 0.05) is 19.2 Å². The normalized spacial score (nSPS) is 14.5. The van der Waals surface area contributed by atoms with Gasteiger partial charge in [-0.05, 0) is 43.1 Å². The van der Waals surface area contributed by atoms with E-state index in [1.54, 1.807) is 23.1 Å². The van der Waals surface area contributed by atoms with E-state index in [2.05, 4.69) is 0 Å². The first-order valence-corrected chi connectivity index (χ1v) is 7.95. The van der Waals surface area contributed by atoms with E-state index < -0.39 is 9.84 Å².